The smallest absolute Gasteiger partial charge is 0.221 e. The third-order valence-electron chi connectivity index (χ3n) is 3.06. The van der Waals surface area contributed by atoms with Gasteiger partial charge in [-0.3, -0.25) is 10.1 Å². The van der Waals surface area contributed by atoms with Gasteiger partial charge in [0.15, 0.2) is 0 Å². The second-order valence-corrected chi connectivity index (χ2v) is 4.80. The van der Waals surface area contributed by atoms with E-state index in [0.29, 0.717) is 0 Å². The largest absolute Gasteiger partial charge is 0.305 e. The fourth-order valence-corrected chi connectivity index (χ4v) is 2.06. The highest BCUT2D eigenvalue weighted by atomic mass is 16.6. The van der Waals surface area contributed by atoms with Gasteiger partial charge in [0.05, 0.1) is 13.2 Å². The molecule has 0 aliphatic heterocycles. The van der Waals surface area contributed by atoms with Gasteiger partial charge in [-0.05, 0) is 6.42 Å². The van der Waals surface area contributed by atoms with Gasteiger partial charge in [0, 0.05) is 4.92 Å². The average Bonchev–Trinajstić information content (AvgIpc) is 2.32. The Hall–Kier alpha value is -0.680. The van der Waals surface area contributed by atoms with Crippen molar-refractivity contribution in [2.45, 2.75) is 70.8 Å². The minimum atomic E-state index is -0.290. The average molecular weight is 260 g/mol. The first-order chi connectivity index (χ1) is 8.70. The molecule has 1 N–H and O–H groups in total. The quantitative estimate of drug-likeness (QED) is 0.313. The van der Waals surface area contributed by atoms with Crippen LogP contribution in [0.25, 0.3) is 0 Å². The fourth-order valence-electron chi connectivity index (χ4n) is 2.06. The molecule has 0 saturated carbocycles. The summed E-state index contributed by atoms with van der Waals surface area (Å²) in [5, 5.41) is 10.4. The number of nitrogens with one attached hydrogen (secondary N) is 1. The summed E-state index contributed by atoms with van der Waals surface area (Å²) >= 11 is 0. The van der Waals surface area contributed by atoms with Crippen LogP contribution < -0.4 is 5.48 Å². The zero-order valence-corrected chi connectivity index (χ0v) is 11.8. The van der Waals surface area contributed by atoms with Crippen LogP contribution in [-0.2, 0) is 4.84 Å². The summed E-state index contributed by atoms with van der Waals surface area (Å²) in [6.45, 7) is 2.16. The van der Waals surface area contributed by atoms with E-state index in [1.54, 1.807) is 0 Å². The standard InChI is InChI=1S/C13H28N2O3/c1-3-4-5-6-7-8-9-10-11-13(14-18-2)12-15(16)17/h13-14H,3-12H2,1-2H3. The zero-order valence-electron chi connectivity index (χ0n) is 11.8. The van der Waals surface area contributed by atoms with Crippen LogP contribution >= 0.6 is 0 Å². The van der Waals surface area contributed by atoms with Crippen LogP contribution in [0, 0.1) is 10.1 Å². The third-order valence-corrected chi connectivity index (χ3v) is 3.06. The summed E-state index contributed by atoms with van der Waals surface area (Å²) in [6, 6.07) is -0.162. The first-order valence-electron chi connectivity index (χ1n) is 7.11. The monoisotopic (exact) mass is 260 g/mol. The molecule has 1 atom stereocenters. The molecule has 0 aliphatic rings. The molecule has 5 heteroatoms. The van der Waals surface area contributed by atoms with Gasteiger partial charge in [-0.2, -0.15) is 5.48 Å². The van der Waals surface area contributed by atoms with Crippen molar-refractivity contribution >= 4 is 0 Å². The topological polar surface area (TPSA) is 64.4 Å². The Bertz CT molecular complexity index is 201. The fraction of sp³-hybridized carbons (Fsp3) is 1.00. The van der Waals surface area contributed by atoms with Crippen molar-refractivity contribution in [3.05, 3.63) is 10.1 Å². The molecule has 0 aromatic carbocycles. The van der Waals surface area contributed by atoms with E-state index in [1.807, 2.05) is 0 Å². The number of unbranched alkanes of at least 4 members (excludes halogenated alkanes) is 7. The minimum absolute atomic E-state index is 0.0651. The van der Waals surface area contributed by atoms with E-state index < -0.39 is 0 Å². The summed E-state index contributed by atoms with van der Waals surface area (Å²) < 4.78 is 0. The second kappa shape index (κ2) is 12.8. The Balaban J connectivity index is 3.40. The van der Waals surface area contributed by atoms with Gasteiger partial charge in [-0.15, -0.1) is 0 Å². The first kappa shape index (κ1) is 17.3. The number of hydrogen-bond donors (Lipinski definition) is 1. The van der Waals surface area contributed by atoms with E-state index in [1.165, 1.54) is 45.6 Å². The summed E-state index contributed by atoms with van der Waals surface area (Å²) in [4.78, 5) is 14.9. The van der Waals surface area contributed by atoms with Crippen molar-refractivity contribution in [3.8, 4) is 0 Å². The number of hydrogen-bond acceptors (Lipinski definition) is 4. The van der Waals surface area contributed by atoms with E-state index in [9.17, 15) is 10.1 Å². The van der Waals surface area contributed by atoms with Crippen molar-refractivity contribution in [1.29, 1.82) is 0 Å². The van der Waals surface area contributed by atoms with Crippen LogP contribution in [0.5, 0.6) is 0 Å². The molecule has 108 valence electrons. The lowest BCUT2D eigenvalue weighted by molar-refractivity contribution is -0.485. The predicted octanol–water partition coefficient (Wildman–Crippen LogP) is 3.31. The SMILES string of the molecule is CCCCCCCCCCC(C[N+](=O)[O-])NOC. The molecular formula is C13H28N2O3. The lowest BCUT2D eigenvalue weighted by Crippen LogP contribution is -2.34. The molecule has 1 unspecified atom stereocenters. The molecule has 0 amide bonds. The summed E-state index contributed by atoms with van der Waals surface area (Å²) in [7, 11) is 1.50. The van der Waals surface area contributed by atoms with Gasteiger partial charge in [0.25, 0.3) is 0 Å². The summed E-state index contributed by atoms with van der Waals surface area (Å²) in [6.07, 6.45) is 10.8. The molecule has 0 aliphatic carbocycles. The van der Waals surface area contributed by atoms with Gasteiger partial charge < -0.3 is 4.84 Å². The molecule has 0 spiro atoms. The van der Waals surface area contributed by atoms with E-state index in [2.05, 4.69) is 12.4 Å². The van der Waals surface area contributed by atoms with Crippen molar-refractivity contribution in [2.24, 2.45) is 0 Å². The van der Waals surface area contributed by atoms with Crippen molar-refractivity contribution in [1.82, 2.24) is 5.48 Å². The Morgan fingerprint density at radius 3 is 2.17 bits per heavy atom. The maximum absolute atomic E-state index is 10.4. The molecule has 5 nitrogen and oxygen atoms in total. The Labute approximate surface area is 110 Å². The summed E-state index contributed by atoms with van der Waals surface area (Å²) in [5.41, 5.74) is 2.69. The number of rotatable bonds is 13. The number of hydroxylamine groups is 1. The normalized spacial score (nSPS) is 12.6. The van der Waals surface area contributed by atoms with Gasteiger partial charge in [-0.1, -0.05) is 58.3 Å². The minimum Gasteiger partial charge on any atom is -0.305 e. The number of nitrogens with zero attached hydrogens (tertiary/aromatic N) is 1. The molecule has 0 fully saturated rings. The molecule has 18 heavy (non-hydrogen) atoms. The Morgan fingerprint density at radius 1 is 1.11 bits per heavy atom. The molecule has 0 rings (SSSR count). The molecule has 0 aromatic heterocycles. The van der Waals surface area contributed by atoms with Crippen molar-refractivity contribution in [3.63, 3.8) is 0 Å². The van der Waals surface area contributed by atoms with E-state index >= 15 is 0 Å². The maximum Gasteiger partial charge on any atom is 0.221 e. The molecule has 0 saturated heterocycles. The van der Waals surface area contributed by atoms with Gasteiger partial charge >= 0.3 is 0 Å². The zero-order chi connectivity index (χ0) is 13.6. The lowest BCUT2D eigenvalue weighted by Gasteiger charge is -2.12. The molecule has 0 bridgehead atoms. The van der Waals surface area contributed by atoms with Crippen LogP contribution in [0.2, 0.25) is 0 Å². The van der Waals surface area contributed by atoms with E-state index in [0.717, 1.165) is 19.3 Å². The van der Waals surface area contributed by atoms with Crippen LogP contribution in [0.15, 0.2) is 0 Å². The van der Waals surface area contributed by atoms with Gasteiger partial charge in [0.2, 0.25) is 6.54 Å². The predicted molar refractivity (Wildman–Crippen MR) is 73.0 cm³/mol. The Morgan fingerprint density at radius 2 is 1.67 bits per heavy atom. The molecule has 0 heterocycles. The molecular weight excluding hydrogens is 232 g/mol. The number of nitro groups is 1. The molecule has 0 aromatic rings. The highest BCUT2D eigenvalue weighted by molar-refractivity contribution is 4.61. The first-order valence-corrected chi connectivity index (χ1v) is 7.11. The van der Waals surface area contributed by atoms with Crippen LogP contribution in [0.4, 0.5) is 0 Å². The van der Waals surface area contributed by atoms with Crippen LogP contribution in [0.3, 0.4) is 0 Å². The lowest BCUT2D eigenvalue weighted by atomic mass is 10.0. The molecule has 0 radical (unpaired) electrons. The van der Waals surface area contributed by atoms with Crippen LogP contribution in [-0.4, -0.2) is 24.6 Å². The summed E-state index contributed by atoms with van der Waals surface area (Å²) in [5.74, 6) is 0. The second-order valence-electron chi connectivity index (χ2n) is 4.80. The van der Waals surface area contributed by atoms with E-state index in [4.69, 9.17) is 4.84 Å². The van der Waals surface area contributed by atoms with Gasteiger partial charge in [-0.25, -0.2) is 0 Å². The third kappa shape index (κ3) is 11.8. The van der Waals surface area contributed by atoms with Crippen LogP contribution in [0.1, 0.15) is 64.7 Å². The Kier molecular flexibility index (Phi) is 12.3. The highest BCUT2D eigenvalue weighted by Crippen LogP contribution is 2.10. The maximum atomic E-state index is 10.4. The highest BCUT2D eigenvalue weighted by Gasteiger charge is 2.13. The van der Waals surface area contributed by atoms with Crippen molar-refractivity contribution in [2.75, 3.05) is 13.7 Å². The van der Waals surface area contributed by atoms with Gasteiger partial charge in [0.1, 0.15) is 0 Å². The van der Waals surface area contributed by atoms with E-state index in [-0.39, 0.29) is 17.5 Å². The van der Waals surface area contributed by atoms with Crippen molar-refractivity contribution < 1.29 is 9.76 Å².